The van der Waals surface area contributed by atoms with Crippen LogP contribution in [0.1, 0.15) is 11.1 Å². The van der Waals surface area contributed by atoms with E-state index in [1.54, 1.807) is 19.0 Å². The van der Waals surface area contributed by atoms with Crippen molar-refractivity contribution in [3.8, 4) is 6.07 Å². The topological polar surface area (TPSA) is 65.8 Å². The maximum Gasteiger partial charge on any atom is 0.248 e. The molecule has 3 rings (SSSR count). The van der Waals surface area contributed by atoms with Gasteiger partial charge in [-0.05, 0) is 17.7 Å². The number of likely N-dealkylation sites (tertiary alicyclic amines) is 1. The summed E-state index contributed by atoms with van der Waals surface area (Å²) in [5.74, 6) is 0.282. The van der Waals surface area contributed by atoms with Gasteiger partial charge in [-0.15, -0.1) is 0 Å². The summed E-state index contributed by atoms with van der Waals surface area (Å²) in [7, 11) is 3.46. The fourth-order valence-electron chi connectivity index (χ4n) is 3.43. The summed E-state index contributed by atoms with van der Waals surface area (Å²) in [6.45, 7) is 3.04. The van der Waals surface area contributed by atoms with Crippen LogP contribution in [0.2, 0.25) is 0 Å². The van der Waals surface area contributed by atoms with Crippen LogP contribution in [0.25, 0.3) is 0 Å². The molecule has 0 aromatic heterocycles. The maximum atomic E-state index is 11.8. The zero-order valence-corrected chi connectivity index (χ0v) is 14.1. The number of nitriles is 1. The van der Waals surface area contributed by atoms with E-state index in [1.165, 1.54) is 0 Å². The Balaban J connectivity index is 1.64. The molecule has 128 valence electrons. The van der Waals surface area contributed by atoms with Crippen molar-refractivity contribution in [1.29, 1.82) is 5.26 Å². The maximum absolute atomic E-state index is 11.8. The molecule has 6 heteroatoms. The van der Waals surface area contributed by atoms with E-state index >= 15 is 0 Å². The van der Waals surface area contributed by atoms with E-state index in [0.717, 1.165) is 18.7 Å². The molecule has 1 amide bonds. The molecule has 1 aromatic rings. The normalized spacial score (nSPS) is 26.1. The number of nitrogens with zero attached hydrogens (tertiary/aromatic N) is 3. The predicted molar refractivity (Wildman–Crippen MR) is 88.1 cm³/mol. The molecule has 0 aliphatic carbocycles. The zero-order chi connectivity index (χ0) is 17.1. The number of rotatable bonds is 5. The number of hydrogen-bond acceptors (Lipinski definition) is 5. The molecule has 3 atom stereocenters. The van der Waals surface area contributed by atoms with Gasteiger partial charge in [-0.3, -0.25) is 9.69 Å². The van der Waals surface area contributed by atoms with E-state index in [-0.39, 0.29) is 18.6 Å². The lowest BCUT2D eigenvalue weighted by molar-refractivity contribution is -0.136. The van der Waals surface area contributed by atoms with E-state index in [1.807, 2.05) is 24.3 Å². The Labute approximate surface area is 142 Å². The Morgan fingerprint density at radius 2 is 2.29 bits per heavy atom. The lowest BCUT2D eigenvalue weighted by atomic mass is 10.0. The number of amides is 1. The van der Waals surface area contributed by atoms with Gasteiger partial charge in [0.2, 0.25) is 5.91 Å². The Morgan fingerprint density at radius 1 is 1.46 bits per heavy atom. The summed E-state index contributed by atoms with van der Waals surface area (Å²) in [6.07, 6.45) is 0.0144. The first kappa shape index (κ1) is 16.9. The van der Waals surface area contributed by atoms with Crippen molar-refractivity contribution in [3.05, 3.63) is 35.4 Å². The van der Waals surface area contributed by atoms with E-state index in [0.29, 0.717) is 30.7 Å². The summed E-state index contributed by atoms with van der Waals surface area (Å²) in [5, 5.41) is 9.04. The molecular formula is C18H23N3O3. The number of fused-ring (bicyclic) bond motifs is 1. The lowest BCUT2D eigenvalue weighted by Gasteiger charge is -2.22. The molecular weight excluding hydrogens is 306 g/mol. The van der Waals surface area contributed by atoms with Crippen molar-refractivity contribution in [1.82, 2.24) is 9.80 Å². The van der Waals surface area contributed by atoms with E-state index in [2.05, 4.69) is 11.0 Å². The average Bonchev–Trinajstić information content (AvgIpc) is 3.17. The average molecular weight is 329 g/mol. The number of carbonyl (C=O) groups is 1. The first-order valence-corrected chi connectivity index (χ1v) is 8.21. The van der Waals surface area contributed by atoms with Crippen LogP contribution in [-0.2, 0) is 20.8 Å². The highest BCUT2D eigenvalue weighted by atomic mass is 16.5. The van der Waals surface area contributed by atoms with Gasteiger partial charge in [0.25, 0.3) is 0 Å². The van der Waals surface area contributed by atoms with Crippen LogP contribution in [-0.4, -0.2) is 68.3 Å². The second kappa shape index (κ2) is 7.31. The second-order valence-corrected chi connectivity index (χ2v) is 6.65. The molecule has 0 spiro atoms. The number of carbonyl (C=O) groups excluding carboxylic acids is 1. The molecule has 0 radical (unpaired) electrons. The fourth-order valence-corrected chi connectivity index (χ4v) is 3.43. The van der Waals surface area contributed by atoms with Crippen LogP contribution in [0, 0.1) is 17.2 Å². The van der Waals surface area contributed by atoms with Gasteiger partial charge in [0, 0.05) is 39.1 Å². The van der Waals surface area contributed by atoms with Crippen molar-refractivity contribution in [3.63, 3.8) is 0 Å². The summed E-state index contributed by atoms with van der Waals surface area (Å²) in [4.78, 5) is 15.7. The second-order valence-electron chi connectivity index (χ2n) is 6.65. The SMILES string of the molecule is CN(C)C(=O)CO[C@@H]1CN(Cc2cccc(C#N)c2)[C@H]2COC[C@@H]12. The largest absolute Gasteiger partial charge is 0.379 e. The van der Waals surface area contributed by atoms with Crippen LogP contribution in [0.15, 0.2) is 24.3 Å². The van der Waals surface area contributed by atoms with Crippen molar-refractivity contribution < 1.29 is 14.3 Å². The number of hydrogen-bond donors (Lipinski definition) is 0. The lowest BCUT2D eigenvalue weighted by Crippen LogP contribution is -2.32. The fraction of sp³-hybridized carbons (Fsp3) is 0.556. The highest BCUT2D eigenvalue weighted by Crippen LogP contribution is 2.33. The summed E-state index contributed by atoms with van der Waals surface area (Å²) in [5.41, 5.74) is 1.79. The smallest absolute Gasteiger partial charge is 0.248 e. The summed E-state index contributed by atoms with van der Waals surface area (Å²) < 4.78 is 11.5. The van der Waals surface area contributed by atoms with E-state index in [9.17, 15) is 4.79 Å². The van der Waals surface area contributed by atoms with Gasteiger partial charge in [0.1, 0.15) is 6.61 Å². The van der Waals surface area contributed by atoms with Crippen molar-refractivity contribution in [2.24, 2.45) is 5.92 Å². The van der Waals surface area contributed by atoms with Gasteiger partial charge >= 0.3 is 0 Å². The third-order valence-electron chi connectivity index (χ3n) is 4.82. The van der Waals surface area contributed by atoms with Crippen LogP contribution < -0.4 is 0 Å². The highest BCUT2D eigenvalue weighted by molar-refractivity contribution is 5.76. The van der Waals surface area contributed by atoms with Gasteiger partial charge in [-0.25, -0.2) is 0 Å². The van der Waals surface area contributed by atoms with Crippen LogP contribution in [0.5, 0.6) is 0 Å². The van der Waals surface area contributed by atoms with Crippen molar-refractivity contribution in [2.75, 3.05) is 40.5 Å². The minimum atomic E-state index is -0.0226. The van der Waals surface area contributed by atoms with Gasteiger partial charge in [-0.1, -0.05) is 12.1 Å². The molecule has 0 saturated carbocycles. The van der Waals surface area contributed by atoms with Crippen LogP contribution >= 0.6 is 0 Å². The van der Waals surface area contributed by atoms with Gasteiger partial charge in [0.05, 0.1) is 31.0 Å². The van der Waals surface area contributed by atoms with Crippen LogP contribution in [0.3, 0.4) is 0 Å². The van der Waals surface area contributed by atoms with Gasteiger partial charge < -0.3 is 14.4 Å². The molecule has 0 unspecified atom stereocenters. The number of likely N-dealkylation sites (N-methyl/N-ethyl adjacent to an activating group) is 1. The number of ether oxygens (including phenoxy) is 2. The standard InChI is InChI=1S/C18H23N3O3/c1-20(2)18(22)12-24-17-9-21(16-11-23-10-15(16)17)8-14-5-3-4-13(6-14)7-19/h3-6,15-17H,8-12H2,1-2H3/t15-,16+,17-/m1/s1. The van der Waals surface area contributed by atoms with E-state index in [4.69, 9.17) is 14.7 Å². The molecule has 24 heavy (non-hydrogen) atoms. The Bertz CT molecular complexity index is 641. The van der Waals surface area contributed by atoms with Crippen molar-refractivity contribution >= 4 is 5.91 Å². The Morgan fingerprint density at radius 3 is 3.04 bits per heavy atom. The highest BCUT2D eigenvalue weighted by Gasteiger charge is 2.46. The van der Waals surface area contributed by atoms with Gasteiger partial charge in [0.15, 0.2) is 0 Å². The molecule has 2 aliphatic rings. The number of benzene rings is 1. The Hall–Kier alpha value is -1.94. The molecule has 2 aliphatic heterocycles. The monoisotopic (exact) mass is 329 g/mol. The molecule has 0 N–H and O–H groups in total. The first-order valence-electron chi connectivity index (χ1n) is 8.21. The molecule has 1 aromatic carbocycles. The van der Waals surface area contributed by atoms with E-state index < -0.39 is 0 Å². The summed E-state index contributed by atoms with van der Waals surface area (Å²) in [6, 6.07) is 10.2. The third-order valence-corrected chi connectivity index (χ3v) is 4.82. The van der Waals surface area contributed by atoms with Crippen LogP contribution in [0.4, 0.5) is 0 Å². The molecule has 2 heterocycles. The quantitative estimate of drug-likeness (QED) is 0.802. The minimum absolute atomic E-state index is 0.0144. The molecule has 6 nitrogen and oxygen atoms in total. The first-order chi connectivity index (χ1) is 11.6. The molecule has 2 fully saturated rings. The molecule has 0 bridgehead atoms. The third kappa shape index (κ3) is 3.59. The Kier molecular flexibility index (Phi) is 5.14. The molecule has 2 saturated heterocycles. The predicted octanol–water partition coefficient (Wildman–Crippen LogP) is 0.862. The zero-order valence-electron chi connectivity index (χ0n) is 14.1. The summed E-state index contributed by atoms with van der Waals surface area (Å²) >= 11 is 0. The van der Waals surface area contributed by atoms with Crippen molar-refractivity contribution in [2.45, 2.75) is 18.7 Å². The van der Waals surface area contributed by atoms with Gasteiger partial charge in [-0.2, -0.15) is 5.26 Å². The minimum Gasteiger partial charge on any atom is -0.379 e.